The van der Waals surface area contributed by atoms with Gasteiger partial charge in [0.1, 0.15) is 16.3 Å². The van der Waals surface area contributed by atoms with Crippen LogP contribution in [0.15, 0.2) is 44.8 Å². The van der Waals surface area contributed by atoms with Crippen LogP contribution in [0.25, 0.3) is 0 Å². The van der Waals surface area contributed by atoms with Gasteiger partial charge in [0, 0.05) is 0 Å². The minimum absolute atomic E-state index is 0.0153. The summed E-state index contributed by atoms with van der Waals surface area (Å²) in [7, 11) is -3.62. The molecule has 0 spiro atoms. The van der Waals surface area contributed by atoms with Gasteiger partial charge in [-0.25, -0.2) is 8.42 Å². The van der Waals surface area contributed by atoms with E-state index in [0.717, 1.165) is 0 Å². The summed E-state index contributed by atoms with van der Waals surface area (Å²) in [6.45, 7) is 0. The average molecular weight is 453 g/mol. The monoisotopic (exact) mass is 452 g/mol. The van der Waals surface area contributed by atoms with Gasteiger partial charge in [0.15, 0.2) is 15.6 Å². The average Bonchev–Trinajstić information content (AvgIpc) is 2.68. The molecule has 0 saturated carbocycles. The van der Waals surface area contributed by atoms with Gasteiger partial charge >= 0.3 is 0 Å². The number of hydrogen-bond donors (Lipinski definition) is 3. The molecule has 29 heavy (non-hydrogen) atoms. The Morgan fingerprint density at radius 3 is 2.28 bits per heavy atom. The van der Waals surface area contributed by atoms with E-state index in [4.69, 9.17) is 23.2 Å². The number of halogens is 2. The molecule has 0 aliphatic carbocycles. The van der Waals surface area contributed by atoms with Gasteiger partial charge in [0.05, 0.1) is 27.2 Å². The number of nitrogens with one attached hydrogen (secondary N) is 2. The molecule has 4 rings (SSSR count). The smallest absolute Gasteiger partial charge is 0.253 e. The lowest BCUT2D eigenvalue weighted by Gasteiger charge is -2.21. The maximum absolute atomic E-state index is 12.3. The lowest BCUT2D eigenvalue weighted by molar-refractivity contribution is 0.457. The van der Waals surface area contributed by atoms with Crippen LogP contribution in [0.4, 0.5) is 22.7 Å². The van der Waals surface area contributed by atoms with Crippen molar-refractivity contribution in [2.24, 2.45) is 0 Å². The van der Waals surface area contributed by atoms with Crippen LogP contribution in [0, 0.1) is 0 Å². The molecule has 1 aliphatic heterocycles. The molecule has 0 atom stereocenters. The van der Waals surface area contributed by atoms with Crippen molar-refractivity contribution in [3.8, 4) is 5.75 Å². The van der Waals surface area contributed by atoms with Crippen molar-refractivity contribution < 1.29 is 13.5 Å². The summed E-state index contributed by atoms with van der Waals surface area (Å²) in [5.74, 6) is -0.529. The Hall–Kier alpha value is -2.55. The standard InChI is InChI=1S/C19H14Cl2N2O5S/c20-10-4-1-5-11(13(10)21)22-14-15(18(26)17(14)25)23-12-7-6-9-3-2-8-29(27,28)19(9)16(12)24/h1,4-7,22-24H,2-3,8H2. The van der Waals surface area contributed by atoms with Crippen LogP contribution in [-0.2, 0) is 16.3 Å². The molecular formula is C19H14Cl2N2O5S. The lowest BCUT2D eigenvalue weighted by atomic mass is 10.1. The Morgan fingerprint density at radius 1 is 0.931 bits per heavy atom. The Morgan fingerprint density at radius 2 is 1.59 bits per heavy atom. The molecule has 0 amide bonds. The fourth-order valence-electron chi connectivity index (χ4n) is 3.31. The number of benzene rings is 2. The Kier molecular flexibility index (Phi) is 4.80. The number of aryl methyl sites for hydroxylation is 1. The molecule has 3 aromatic rings. The minimum atomic E-state index is -3.62. The maximum atomic E-state index is 12.3. The minimum Gasteiger partial charge on any atom is -0.504 e. The van der Waals surface area contributed by atoms with E-state index in [2.05, 4.69) is 10.6 Å². The van der Waals surface area contributed by atoms with Crippen molar-refractivity contribution in [2.75, 3.05) is 16.4 Å². The Bertz CT molecular complexity index is 1330. The van der Waals surface area contributed by atoms with E-state index in [1.54, 1.807) is 24.3 Å². The third kappa shape index (κ3) is 3.27. The highest BCUT2D eigenvalue weighted by Crippen LogP contribution is 2.40. The van der Waals surface area contributed by atoms with Crippen molar-refractivity contribution >= 4 is 55.8 Å². The molecule has 7 nitrogen and oxygen atoms in total. The molecule has 0 radical (unpaired) electrons. The second-order valence-corrected chi connectivity index (χ2v) is 9.46. The van der Waals surface area contributed by atoms with Gasteiger partial charge in [0.25, 0.3) is 10.9 Å². The van der Waals surface area contributed by atoms with Crippen molar-refractivity contribution in [3.63, 3.8) is 0 Å². The van der Waals surface area contributed by atoms with Crippen LogP contribution in [0.1, 0.15) is 12.0 Å². The molecule has 0 saturated heterocycles. The normalized spacial score (nSPS) is 15.1. The summed E-state index contributed by atoms with van der Waals surface area (Å²) in [6.07, 6.45) is 1.01. The molecule has 3 N–H and O–H groups in total. The summed E-state index contributed by atoms with van der Waals surface area (Å²) in [5.41, 5.74) is -0.866. The van der Waals surface area contributed by atoms with Gasteiger partial charge < -0.3 is 15.7 Å². The molecule has 0 aromatic heterocycles. The summed E-state index contributed by atoms with van der Waals surface area (Å²) >= 11 is 12.1. The second kappa shape index (κ2) is 7.05. The van der Waals surface area contributed by atoms with Crippen LogP contribution in [0.2, 0.25) is 10.0 Å². The van der Waals surface area contributed by atoms with E-state index in [0.29, 0.717) is 24.1 Å². The largest absolute Gasteiger partial charge is 0.504 e. The number of rotatable bonds is 4. The molecule has 0 bridgehead atoms. The van der Waals surface area contributed by atoms with Crippen molar-refractivity contribution in [2.45, 2.75) is 17.7 Å². The highest BCUT2D eigenvalue weighted by molar-refractivity contribution is 7.91. The van der Waals surface area contributed by atoms with Crippen LogP contribution < -0.4 is 21.5 Å². The number of hydrogen-bond acceptors (Lipinski definition) is 7. The number of phenols is 1. The van der Waals surface area contributed by atoms with Crippen LogP contribution in [0.3, 0.4) is 0 Å². The number of sulfone groups is 1. The van der Waals surface area contributed by atoms with E-state index in [9.17, 15) is 23.1 Å². The van der Waals surface area contributed by atoms with Gasteiger partial charge in [-0.05, 0) is 36.6 Å². The first-order chi connectivity index (χ1) is 13.7. The maximum Gasteiger partial charge on any atom is 0.253 e. The second-order valence-electron chi connectivity index (χ2n) is 6.63. The van der Waals surface area contributed by atoms with Crippen molar-refractivity contribution in [1.82, 2.24) is 0 Å². The molecule has 150 valence electrons. The Labute approximate surface area is 175 Å². The highest BCUT2D eigenvalue weighted by atomic mass is 35.5. The van der Waals surface area contributed by atoms with Gasteiger partial charge in [-0.1, -0.05) is 35.3 Å². The number of aromatic hydroxyl groups is 1. The van der Waals surface area contributed by atoms with Gasteiger partial charge in [0.2, 0.25) is 0 Å². The number of phenolic OH excluding ortho intramolecular Hbond substituents is 1. The summed E-state index contributed by atoms with van der Waals surface area (Å²) in [5, 5.41) is 16.4. The number of fused-ring (bicyclic) bond motifs is 1. The summed E-state index contributed by atoms with van der Waals surface area (Å²) < 4.78 is 24.7. The third-order valence-corrected chi connectivity index (χ3v) is 7.49. The molecule has 0 unspecified atom stereocenters. The lowest BCUT2D eigenvalue weighted by Crippen LogP contribution is -2.35. The molecule has 3 aromatic carbocycles. The van der Waals surface area contributed by atoms with Gasteiger partial charge in [-0.3, -0.25) is 9.59 Å². The predicted molar refractivity (Wildman–Crippen MR) is 113 cm³/mol. The molecule has 0 fully saturated rings. The third-order valence-electron chi connectivity index (χ3n) is 4.76. The SMILES string of the molecule is O=c1c(Nc2ccc3c(c2O)S(=O)(=O)CCC3)c(Nc2cccc(Cl)c2Cl)c1=O. The van der Waals surface area contributed by atoms with E-state index < -0.39 is 26.4 Å². The number of anilines is 4. The zero-order valence-corrected chi connectivity index (χ0v) is 17.1. The first-order valence-corrected chi connectivity index (χ1v) is 11.0. The fraction of sp³-hybridized carbons (Fsp3) is 0.158. The fourth-order valence-corrected chi connectivity index (χ4v) is 5.36. The van der Waals surface area contributed by atoms with E-state index >= 15 is 0 Å². The predicted octanol–water partition coefficient (Wildman–Crippen LogP) is 3.50. The molecule has 10 heteroatoms. The van der Waals surface area contributed by atoms with E-state index in [1.807, 2.05) is 0 Å². The van der Waals surface area contributed by atoms with Crippen LogP contribution >= 0.6 is 23.2 Å². The van der Waals surface area contributed by atoms with E-state index in [1.165, 1.54) is 6.07 Å². The highest BCUT2D eigenvalue weighted by Gasteiger charge is 2.30. The van der Waals surface area contributed by atoms with Crippen molar-refractivity contribution in [1.29, 1.82) is 0 Å². The summed E-state index contributed by atoms with van der Waals surface area (Å²) in [4.78, 5) is 24.0. The van der Waals surface area contributed by atoms with Crippen molar-refractivity contribution in [3.05, 3.63) is 66.4 Å². The zero-order chi connectivity index (χ0) is 20.9. The van der Waals surface area contributed by atoms with Crippen LogP contribution in [-0.4, -0.2) is 19.3 Å². The quantitative estimate of drug-likeness (QED) is 0.410. The van der Waals surface area contributed by atoms with Gasteiger partial charge in [-0.15, -0.1) is 0 Å². The molecule has 1 heterocycles. The topological polar surface area (TPSA) is 113 Å². The van der Waals surface area contributed by atoms with E-state index in [-0.39, 0.29) is 37.8 Å². The van der Waals surface area contributed by atoms with Crippen LogP contribution in [0.5, 0.6) is 5.75 Å². The summed E-state index contributed by atoms with van der Waals surface area (Å²) in [6, 6.07) is 7.83. The van der Waals surface area contributed by atoms with Gasteiger partial charge in [-0.2, -0.15) is 0 Å². The Balaban J connectivity index is 1.72. The molecular weight excluding hydrogens is 439 g/mol. The zero-order valence-electron chi connectivity index (χ0n) is 14.8. The molecule has 1 aliphatic rings. The first kappa shape index (κ1) is 19.8. The first-order valence-electron chi connectivity index (χ1n) is 8.59.